The Bertz CT molecular complexity index is 915. The van der Waals surface area contributed by atoms with Gasteiger partial charge in [-0.3, -0.25) is 0 Å². The van der Waals surface area contributed by atoms with E-state index in [2.05, 4.69) is 0 Å². The maximum Gasteiger partial charge on any atom is 0.338 e. The molecule has 0 spiro atoms. The van der Waals surface area contributed by atoms with Crippen LogP contribution in [0.25, 0.3) is 17.4 Å². The van der Waals surface area contributed by atoms with Crippen LogP contribution in [0.15, 0.2) is 45.7 Å². The zero-order valence-corrected chi connectivity index (χ0v) is 14.0. The number of allylic oxidation sites excluding steroid dienone is 1. The molecule has 7 heteroatoms. The van der Waals surface area contributed by atoms with Gasteiger partial charge in [0.1, 0.15) is 22.5 Å². The molecule has 0 aliphatic heterocycles. The number of nitrogens with zero attached hydrogens (tertiary/aromatic N) is 1. The summed E-state index contributed by atoms with van der Waals surface area (Å²) in [6.07, 6.45) is 2.13. The van der Waals surface area contributed by atoms with Crippen molar-refractivity contribution in [2.75, 3.05) is 12.9 Å². The van der Waals surface area contributed by atoms with Gasteiger partial charge in [0.25, 0.3) is 0 Å². The minimum atomic E-state index is -3.60. The molecule has 0 amide bonds. The Labute approximate surface area is 139 Å². The first-order chi connectivity index (χ1) is 11.3. The van der Waals surface area contributed by atoms with Gasteiger partial charge in [0, 0.05) is 17.9 Å². The fraction of sp³-hybridized carbons (Fsp3) is 0.176. The number of nitriles is 1. The number of hydrogen-bond acceptors (Lipinski definition) is 6. The Balaban J connectivity index is 2.27. The van der Waals surface area contributed by atoms with E-state index in [0.29, 0.717) is 23.5 Å². The Morgan fingerprint density at radius 2 is 1.92 bits per heavy atom. The van der Waals surface area contributed by atoms with Crippen LogP contribution in [0, 0.1) is 11.3 Å². The molecule has 0 saturated carbocycles. The second kappa shape index (κ2) is 7.15. The number of carbonyl (C=O) groups is 1. The Hall–Kier alpha value is -2.85. The molecule has 0 aliphatic rings. The van der Waals surface area contributed by atoms with Crippen molar-refractivity contribution in [1.82, 2.24) is 0 Å². The average molecular weight is 345 g/mol. The minimum absolute atomic E-state index is 0.251. The van der Waals surface area contributed by atoms with Crippen LogP contribution >= 0.6 is 0 Å². The number of sulfone groups is 1. The average Bonchev–Trinajstić information content (AvgIpc) is 3.00. The molecule has 0 atom stereocenters. The molecule has 6 nitrogen and oxygen atoms in total. The van der Waals surface area contributed by atoms with Gasteiger partial charge < -0.3 is 9.15 Å². The Morgan fingerprint density at radius 3 is 2.46 bits per heavy atom. The van der Waals surface area contributed by atoms with Crippen LogP contribution in [-0.2, 0) is 14.6 Å². The SMILES string of the molecule is CCOC(=O)c1ccc(-c2ccc(C=C(C#N)S(C)(=O)=O)o2)cc1. The highest BCUT2D eigenvalue weighted by atomic mass is 32.2. The van der Waals surface area contributed by atoms with Crippen molar-refractivity contribution in [2.45, 2.75) is 6.92 Å². The first kappa shape index (κ1) is 17.5. The van der Waals surface area contributed by atoms with Crippen LogP contribution in [0.3, 0.4) is 0 Å². The van der Waals surface area contributed by atoms with Crippen molar-refractivity contribution < 1.29 is 22.4 Å². The number of hydrogen-bond donors (Lipinski definition) is 0. The molecule has 0 aliphatic carbocycles. The maximum absolute atomic E-state index is 11.6. The zero-order valence-electron chi connectivity index (χ0n) is 13.1. The normalized spacial score (nSPS) is 11.8. The summed E-state index contributed by atoms with van der Waals surface area (Å²) >= 11 is 0. The summed E-state index contributed by atoms with van der Waals surface area (Å²) in [5.41, 5.74) is 1.14. The lowest BCUT2D eigenvalue weighted by Crippen LogP contribution is -2.03. The molecule has 24 heavy (non-hydrogen) atoms. The third kappa shape index (κ3) is 4.12. The molecule has 2 rings (SSSR count). The Morgan fingerprint density at radius 1 is 1.25 bits per heavy atom. The molecule has 0 fully saturated rings. The third-order valence-electron chi connectivity index (χ3n) is 3.09. The van der Waals surface area contributed by atoms with E-state index in [9.17, 15) is 13.2 Å². The topological polar surface area (TPSA) is 97.4 Å². The van der Waals surface area contributed by atoms with Gasteiger partial charge >= 0.3 is 5.97 Å². The van der Waals surface area contributed by atoms with E-state index in [-0.39, 0.29) is 10.7 Å². The van der Waals surface area contributed by atoms with Gasteiger partial charge in [-0.05, 0) is 31.2 Å². The highest BCUT2D eigenvalue weighted by Crippen LogP contribution is 2.24. The van der Waals surface area contributed by atoms with Crippen LogP contribution in [0.5, 0.6) is 0 Å². The molecule has 0 bridgehead atoms. The van der Waals surface area contributed by atoms with Gasteiger partial charge in [0.05, 0.1) is 12.2 Å². The molecule has 0 N–H and O–H groups in total. The second-order valence-electron chi connectivity index (χ2n) is 4.89. The number of furan rings is 1. The number of benzene rings is 1. The van der Waals surface area contributed by atoms with E-state index in [1.165, 1.54) is 6.08 Å². The van der Waals surface area contributed by atoms with Gasteiger partial charge in [-0.1, -0.05) is 12.1 Å². The predicted molar refractivity (Wildman–Crippen MR) is 88.5 cm³/mol. The van der Waals surface area contributed by atoms with E-state index in [1.54, 1.807) is 49.4 Å². The number of rotatable bonds is 5. The lowest BCUT2D eigenvalue weighted by Gasteiger charge is -2.02. The fourth-order valence-corrected chi connectivity index (χ4v) is 2.42. The summed E-state index contributed by atoms with van der Waals surface area (Å²) < 4.78 is 33.3. The first-order valence-corrected chi connectivity index (χ1v) is 8.93. The molecule has 1 heterocycles. The lowest BCUT2D eigenvalue weighted by atomic mass is 10.1. The third-order valence-corrected chi connectivity index (χ3v) is 4.10. The van der Waals surface area contributed by atoms with Crippen molar-refractivity contribution in [1.29, 1.82) is 5.26 Å². The highest BCUT2D eigenvalue weighted by molar-refractivity contribution is 7.95. The standard InChI is InChI=1S/C17H15NO5S/c1-3-22-17(19)13-6-4-12(5-7-13)16-9-8-14(23-16)10-15(11-18)24(2,20)21/h4-10H,3H2,1-2H3. The quantitative estimate of drug-likeness (QED) is 0.610. The van der Waals surface area contributed by atoms with Crippen molar-refractivity contribution in [3.63, 3.8) is 0 Å². The van der Waals surface area contributed by atoms with Crippen molar-refractivity contribution in [3.8, 4) is 17.4 Å². The number of carbonyl (C=O) groups excluding carboxylic acids is 1. The molecule has 1 aromatic carbocycles. The summed E-state index contributed by atoms with van der Waals surface area (Å²) in [6, 6.07) is 11.5. The van der Waals surface area contributed by atoms with E-state index in [4.69, 9.17) is 14.4 Å². The molecular weight excluding hydrogens is 330 g/mol. The second-order valence-corrected chi connectivity index (χ2v) is 6.88. The molecule has 2 aromatic rings. The van der Waals surface area contributed by atoms with Gasteiger partial charge in [-0.25, -0.2) is 13.2 Å². The van der Waals surface area contributed by atoms with Gasteiger partial charge in [0.15, 0.2) is 9.84 Å². The molecule has 0 saturated heterocycles. The summed E-state index contributed by atoms with van der Waals surface area (Å²) in [6.45, 7) is 2.03. The van der Waals surface area contributed by atoms with Crippen molar-refractivity contribution in [2.24, 2.45) is 0 Å². The molecular formula is C17H15NO5S. The van der Waals surface area contributed by atoms with Crippen LogP contribution < -0.4 is 0 Å². The summed E-state index contributed by atoms with van der Waals surface area (Å²) in [4.78, 5) is 11.2. The van der Waals surface area contributed by atoms with Crippen LogP contribution in [-0.4, -0.2) is 27.2 Å². The highest BCUT2D eigenvalue weighted by Gasteiger charge is 2.13. The van der Waals surface area contributed by atoms with E-state index >= 15 is 0 Å². The fourth-order valence-electron chi connectivity index (χ4n) is 1.92. The van der Waals surface area contributed by atoms with Gasteiger partial charge in [-0.2, -0.15) is 5.26 Å². The summed E-state index contributed by atoms with van der Waals surface area (Å²) in [5, 5.41) is 8.89. The van der Waals surface area contributed by atoms with E-state index in [0.717, 1.165) is 6.26 Å². The largest absolute Gasteiger partial charge is 0.462 e. The van der Waals surface area contributed by atoms with Crippen molar-refractivity contribution in [3.05, 3.63) is 52.6 Å². The zero-order chi connectivity index (χ0) is 17.7. The summed E-state index contributed by atoms with van der Waals surface area (Å²) in [5.74, 6) is 0.336. The molecule has 1 aromatic heterocycles. The van der Waals surface area contributed by atoms with Crippen LogP contribution in [0.4, 0.5) is 0 Å². The van der Waals surface area contributed by atoms with E-state index in [1.807, 2.05) is 0 Å². The smallest absolute Gasteiger partial charge is 0.338 e. The van der Waals surface area contributed by atoms with Crippen LogP contribution in [0.1, 0.15) is 23.0 Å². The van der Waals surface area contributed by atoms with E-state index < -0.39 is 15.8 Å². The molecule has 124 valence electrons. The molecule has 0 unspecified atom stereocenters. The number of ether oxygens (including phenoxy) is 1. The first-order valence-electron chi connectivity index (χ1n) is 7.04. The van der Waals surface area contributed by atoms with Crippen molar-refractivity contribution >= 4 is 21.9 Å². The summed E-state index contributed by atoms with van der Waals surface area (Å²) in [7, 11) is -3.60. The molecule has 0 radical (unpaired) electrons. The minimum Gasteiger partial charge on any atom is -0.462 e. The maximum atomic E-state index is 11.6. The number of esters is 1. The van der Waals surface area contributed by atoms with Gasteiger partial charge in [-0.15, -0.1) is 0 Å². The monoisotopic (exact) mass is 345 g/mol. The van der Waals surface area contributed by atoms with Crippen LogP contribution in [0.2, 0.25) is 0 Å². The predicted octanol–water partition coefficient (Wildman–Crippen LogP) is 3.03. The lowest BCUT2D eigenvalue weighted by molar-refractivity contribution is 0.0526. The van der Waals surface area contributed by atoms with Gasteiger partial charge in [0.2, 0.25) is 0 Å². The Kier molecular flexibility index (Phi) is 5.21.